The third-order valence-electron chi connectivity index (χ3n) is 2.28. The maximum atomic E-state index is 8.77. The molecule has 0 unspecified atom stereocenters. The van der Waals surface area contributed by atoms with Crippen LogP contribution in [0.25, 0.3) is 0 Å². The van der Waals surface area contributed by atoms with Crippen LogP contribution in [0.4, 0.5) is 11.4 Å². The van der Waals surface area contributed by atoms with Gasteiger partial charge in [-0.1, -0.05) is 0 Å². The van der Waals surface area contributed by atoms with Crippen molar-refractivity contribution < 1.29 is 0 Å². The van der Waals surface area contributed by atoms with E-state index in [1.165, 1.54) is 0 Å². The van der Waals surface area contributed by atoms with Gasteiger partial charge in [-0.15, -0.1) is 0 Å². The lowest BCUT2D eigenvalue weighted by Crippen LogP contribution is -2.09. The first-order valence-corrected chi connectivity index (χ1v) is 4.81. The summed E-state index contributed by atoms with van der Waals surface area (Å²) in [6.07, 6.45) is 5.12. The molecule has 0 N–H and O–H groups in total. The zero-order chi connectivity index (χ0) is 11.4. The Labute approximate surface area is 93.8 Å². The van der Waals surface area contributed by atoms with Crippen molar-refractivity contribution in [2.75, 3.05) is 11.9 Å². The highest BCUT2D eigenvalue weighted by Crippen LogP contribution is 2.21. The number of nitriles is 1. The number of nitrogens with zero attached hydrogens (tertiary/aromatic N) is 4. The molecule has 0 aliphatic heterocycles. The van der Waals surface area contributed by atoms with Gasteiger partial charge in [-0.25, -0.2) is 4.98 Å². The van der Waals surface area contributed by atoms with Crippen molar-refractivity contribution in [3.05, 3.63) is 48.5 Å². The molecule has 2 aromatic rings. The maximum Gasteiger partial charge on any atom is 0.142 e. The molecule has 4 heteroatoms. The van der Waals surface area contributed by atoms with Crippen LogP contribution in [0.2, 0.25) is 0 Å². The molecule has 0 aromatic carbocycles. The zero-order valence-corrected chi connectivity index (χ0v) is 8.83. The molecular formula is C12H10N4. The topological polar surface area (TPSA) is 52.8 Å². The highest BCUT2D eigenvalue weighted by atomic mass is 15.1. The van der Waals surface area contributed by atoms with Crippen LogP contribution in [-0.2, 0) is 0 Å². The van der Waals surface area contributed by atoms with Gasteiger partial charge in [0.25, 0.3) is 0 Å². The van der Waals surface area contributed by atoms with E-state index in [0.717, 1.165) is 11.4 Å². The molecule has 2 rings (SSSR count). The molecule has 2 heterocycles. The smallest absolute Gasteiger partial charge is 0.142 e. The van der Waals surface area contributed by atoms with E-state index in [4.69, 9.17) is 5.26 Å². The summed E-state index contributed by atoms with van der Waals surface area (Å²) in [5, 5.41) is 8.77. The lowest BCUT2D eigenvalue weighted by Gasteiger charge is -2.18. The van der Waals surface area contributed by atoms with Gasteiger partial charge in [-0.05, 0) is 24.3 Å². The number of hydrogen-bond donors (Lipinski definition) is 0. The third kappa shape index (κ3) is 1.98. The SMILES string of the molecule is CN(c1cccnc1)c1ccnc(C#N)c1. The predicted octanol–water partition coefficient (Wildman–Crippen LogP) is 2.12. The quantitative estimate of drug-likeness (QED) is 0.761. The highest BCUT2D eigenvalue weighted by Gasteiger charge is 2.04. The van der Waals surface area contributed by atoms with Gasteiger partial charge < -0.3 is 4.90 Å². The molecule has 0 fully saturated rings. The molecule has 78 valence electrons. The summed E-state index contributed by atoms with van der Waals surface area (Å²) < 4.78 is 0. The van der Waals surface area contributed by atoms with E-state index in [1.807, 2.05) is 36.2 Å². The first-order chi connectivity index (χ1) is 7.81. The third-order valence-corrected chi connectivity index (χ3v) is 2.28. The summed E-state index contributed by atoms with van der Waals surface area (Å²) in [6, 6.07) is 9.45. The Bertz CT molecular complexity index is 516. The van der Waals surface area contributed by atoms with Gasteiger partial charge >= 0.3 is 0 Å². The van der Waals surface area contributed by atoms with Crippen molar-refractivity contribution in [2.24, 2.45) is 0 Å². The van der Waals surface area contributed by atoms with E-state index in [2.05, 4.69) is 9.97 Å². The van der Waals surface area contributed by atoms with E-state index >= 15 is 0 Å². The fourth-order valence-electron chi connectivity index (χ4n) is 1.39. The molecule has 0 saturated carbocycles. The van der Waals surface area contributed by atoms with Crippen LogP contribution in [0.15, 0.2) is 42.9 Å². The second-order valence-electron chi connectivity index (χ2n) is 3.28. The summed E-state index contributed by atoms with van der Waals surface area (Å²) in [6.45, 7) is 0. The minimum Gasteiger partial charge on any atom is -0.343 e. The fraction of sp³-hybridized carbons (Fsp3) is 0.0833. The van der Waals surface area contributed by atoms with E-state index in [0.29, 0.717) is 5.69 Å². The van der Waals surface area contributed by atoms with Gasteiger partial charge in [0.1, 0.15) is 11.8 Å². The predicted molar refractivity (Wildman–Crippen MR) is 61.3 cm³/mol. The van der Waals surface area contributed by atoms with Crippen molar-refractivity contribution >= 4 is 11.4 Å². The molecule has 16 heavy (non-hydrogen) atoms. The summed E-state index contributed by atoms with van der Waals surface area (Å²) in [5.41, 5.74) is 2.30. The Kier molecular flexibility index (Phi) is 2.79. The second kappa shape index (κ2) is 4.41. The Morgan fingerprint density at radius 1 is 1.25 bits per heavy atom. The van der Waals surface area contributed by atoms with Crippen LogP contribution in [0.5, 0.6) is 0 Å². The monoisotopic (exact) mass is 210 g/mol. The standard InChI is InChI=1S/C12H10N4/c1-16(12-3-2-5-14-9-12)11-4-6-15-10(7-11)8-13/h2-7,9H,1H3. The first kappa shape index (κ1) is 10.1. The lowest BCUT2D eigenvalue weighted by atomic mass is 10.3. The van der Waals surface area contributed by atoms with Crippen molar-refractivity contribution in [1.29, 1.82) is 5.26 Å². The number of aromatic nitrogens is 2. The molecule has 2 aromatic heterocycles. The van der Waals surface area contributed by atoms with Gasteiger partial charge in [0.05, 0.1) is 11.9 Å². The second-order valence-corrected chi connectivity index (χ2v) is 3.28. The largest absolute Gasteiger partial charge is 0.343 e. The van der Waals surface area contributed by atoms with Crippen molar-refractivity contribution in [2.45, 2.75) is 0 Å². The van der Waals surface area contributed by atoms with Gasteiger partial charge in [0, 0.05) is 25.1 Å². The molecule has 0 aliphatic rings. The molecule has 0 aliphatic carbocycles. The molecular weight excluding hydrogens is 200 g/mol. The van der Waals surface area contributed by atoms with Gasteiger partial charge in [-0.2, -0.15) is 5.26 Å². The molecule has 0 amide bonds. The Morgan fingerprint density at radius 3 is 2.81 bits per heavy atom. The average molecular weight is 210 g/mol. The van der Waals surface area contributed by atoms with Crippen LogP contribution in [0, 0.1) is 11.3 Å². The van der Waals surface area contributed by atoms with Crippen molar-refractivity contribution in [1.82, 2.24) is 9.97 Å². The van der Waals surface area contributed by atoms with E-state index < -0.39 is 0 Å². The average Bonchev–Trinajstić information content (AvgIpc) is 2.39. The normalized spacial score (nSPS) is 9.50. The van der Waals surface area contributed by atoms with E-state index in [9.17, 15) is 0 Å². The summed E-state index contributed by atoms with van der Waals surface area (Å²) >= 11 is 0. The maximum absolute atomic E-state index is 8.77. The van der Waals surface area contributed by atoms with E-state index in [1.54, 1.807) is 24.7 Å². The Morgan fingerprint density at radius 2 is 2.12 bits per heavy atom. The van der Waals surface area contributed by atoms with Crippen LogP contribution in [0.1, 0.15) is 5.69 Å². The van der Waals surface area contributed by atoms with Crippen molar-refractivity contribution in [3.8, 4) is 6.07 Å². The molecule has 4 nitrogen and oxygen atoms in total. The number of rotatable bonds is 2. The first-order valence-electron chi connectivity index (χ1n) is 4.81. The Balaban J connectivity index is 2.35. The molecule has 0 spiro atoms. The zero-order valence-electron chi connectivity index (χ0n) is 8.83. The summed E-state index contributed by atoms with van der Waals surface area (Å²) in [5.74, 6) is 0. The van der Waals surface area contributed by atoms with Gasteiger partial charge in [0.2, 0.25) is 0 Å². The van der Waals surface area contributed by atoms with Crippen molar-refractivity contribution in [3.63, 3.8) is 0 Å². The van der Waals surface area contributed by atoms with Gasteiger partial charge in [-0.3, -0.25) is 4.98 Å². The minimum atomic E-state index is 0.410. The van der Waals surface area contributed by atoms with Crippen LogP contribution >= 0.6 is 0 Å². The molecule has 0 saturated heterocycles. The minimum absolute atomic E-state index is 0.410. The molecule has 0 bridgehead atoms. The number of pyridine rings is 2. The van der Waals surface area contributed by atoms with Crippen LogP contribution in [0.3, 0.4) is 0 Å². The molecule has 0 atom stereocenters. The van der Waals surface area contributed by atoms with Crippen LogP contribution in [-0.4, -0.2) is 17.0 Å². The molecule has 0 radical (unpaired) electrons. The fourth-order valence-corrected chi connectivity index (χ4v) is 1.39. The highest BCUT2D eigenvalue weighted by molar-refractivity contribution is 5.61. The Hall–Kier alpha value is -2.41. The van der Waals surface area contributed by atoms with Gasteiger partial charge in [0.15, 0.2) is 0 Å². The lowest BCUT2D eigenvalue weighted by molar-refractivity contribution is 1.15. The van der Waals surface area contributed by atoms with E-state index in [-0.39, 0.29) is 0 Å². The summed E-state index contributed by atoms with van der Waals surface area (Å²) in [7, 11) is 1.92. The summed E-state index contributed by atoms with van der Waals surface area (Å²) in [4.78, 5) is 9.94. The number of anilines is 2. The number of hydrogen-bond acceptors (Lipinski definition) is 4. The van der Waals surface area contributed by atoms with Crippen LogP contribution < -0.4 is 4.90 Å².